The third-order valence-electron chi connectivity index (χ3n) is 5.27. The van der Waals surface area contributed by atoms with Gasteiger partial charge in [-0.25, -0.2) is 4.79 Å². The first kappa shape index (κ1) is 20.6. The van der Waals surface area contributed by atoms with Gasteiger partial charge in [0.2, 0.25) is 11.3 Å². The number of fused-ring (bicyclic) bond motifs is 1. The molecule has 0 unspecified atom stereocenters. The number of hydrogen-bond acceptors (Lipinski definition) is 7. The van der Waals surface area contributed by atoms with Crippen molar-refractivity contribution in [2.45, 2.75) is 56.1 Å². The fourth-order valence-corrected chi connectivity index (χ4v) is 5.92. The molecule has 2 heterocycles. The smallest absolute Gasteiger partial charge is 0.334 e. The Morgan fingerprint density at radius 2 is 1.93 bits per heavy atom. The lowest BCUT2D eigenvalue weighted by atomic mass is 9.81. The van der Waals surface area contributed by atoms with Crippen LogP contribution in [-0.4, -0.2) is 53.1 Å². The minimum absolute atomic E-state index is 0.0749. The van der Waals surface area contributed by atoms with Crippen molar-refractivity contribution in [3.63, 3.8) is 0 Å². The summed E-state index contributed by atoms with van der Waals surface area (Å²) < 4.78 is 17.2. The van der Waals surface area contributed by atoms with Crippen molar-refractivity contribution in [3.8, 4) is 0 Å². The molecule has 0 spiro atoms. The van der Waals surface area contributed by atoms with Gasteiger partial charge in [-0.05, 0) is 56.6 Å². The second-order valence-electron chi connectivity index (χ2n) is 8.10. The summed E-state index contributed by atoms with van der Waals surface area (Å²) in [7, 11) is 0. The molecule has 10 heteroatoms. The fraction of sp³-hybridized carbons (Fsp3) is 0.556. The molecule has 0 aliphatic carbocycles. The van der Waals surface area contributed by atoms with E-state index < -0.39 is 55.7 Å². The molecule has 1 aromatic rings. The number of carbonyl (C=O) groups excluding carboxylic acids is 2. The van der Waals surface area contributed by atoms with Crippen molar-refractivity contribution in [3.05, 3.63) is 39.9 Å². The number of rotatable bonds is 5. The molecule has 2 saturated heterocycles. The second-order valence-corrected chi connectivity index (χ2v) is 10.2. The monoisotopic (exact) mass is 410 g/mol. The van der Waals surface area contributed by atoms with E-state index in [4.69, 9.17) is 4.74 Å². The Kier molecular flexibility index (Phi) is 4.93. The van der Waals surface area contributed by atoms with E-state index in [1.807, 2.05) is 0 Å². The number of nitro benzene ring substituents is 1. The number of nitro groups is 1. The SMILES string of the molecule is CC(C)(O)[C@H]1C(=O)N2[C@@H]1[S@@+]([O-])C(C)(C)[C@@H]2C(=O)OCc1ccc([N+](=O)[O-])cc1. The average molecular weight is 410 g/mol. The van der Waals surface area contributed by atoms with E-state index in [9.17, 15) is 29.4 Å². The van der Waals surface area contributed by atoms with E-state index in [2.05, 4.69) is 0 Å². The highest BCUT2D eigenvalue weighted by Crippen LogP contribution is 2.51. The Bertz CT molecular complexity index is 818. The van der Waals surface area contributed by atoms with Gasteiger partial charge in [-0.1, -0.05) is 0 Å². The molecule has 1 N–H and O–H groups in total. The zero-order valence-electron chi connectivity index (χ0n) is 15.9. The number of esters is 1. The van der Waals surface area contributed by atoms with Crippen LogP contribution in [0.1, 0.15) is 33.3 Å². The molecule has 9 nitrogen and oxygen atoms in total. The van der Waals surface area contributed by atoms with Crippen molar-refractivity contribution in [1.29, 1.82) is 0 Å². The highest BCUT2D eigenvalue weighted by Gasteiger charge is 2.74. The van der Waals surface area contributed by atoms with Gasteiger partial charge in [0.25, 0.3) is 5.69 Å². The molecule has 2 aliphatic heterocycles. The molecular formula is C18H22N2O7S. The van der Waals surface area contributed by atoms with Crippen LogP contribution in [0.2, 0.25) is 0 Å². The number of carbonyl (C=O) groups is 2. The van der Waals surface area contributed by atoms with Gasteiger partial charge >= 0.3 is 5.97 Å². The van der Waals surface area contributed by atoms with E-state index in [-0.39, 0.29) is 12.3 Å². The van der Waals surface area contributed by atoms with Crippen molar-refractivity contribution < 1.29 is 28.9 Å². The van der Waals surface area contributed by atoms with E-state index in [0.29, 0.717) is 5.56 Å². The second kappa shape index (κ2) is 6.71. The lowest BCUT2D eigenvalue weighted by Crippen LogP contribution is -2.68. The van der Waals surface area contributed by atoms with Gasteiger partial charge in [-0.3, -0.25) is 19.8 Å². The molecular weight excluding hydrogens is 388 g/mol. The number of benzene rings is 1. The molecule has 0 saturated carbocycles. The lowest BCUT2D eigenvalue weighted by Gasteiger charge is -2.46. The van der Waals surface area contributed by atoms with Crippen molar-refractivity contribution in [2.75, 3.05) is 0 Å². The molecule has 4 atom stereocenters. The first-order valence-electron chi connectivity index (χ1n) is 8.72. The molecule has 2 aliphatic rings. The Labute approximate surface area is 165 Å². The predicted molar refractivity (Wildman–Crippen MR) is 99.3 cm³/mol. The molecule has 152 valence electrons. The molecule has 0 radical (unpaired) electrons. The summed E-state index contributed by atoms with van der Waals surface area (Å²) in [5.41, 5.74) is -0.868. The Morgan fingerprint density at radius 1 is 1.36 bits per heavy atom. The number of aliphatic hydroxyl groups is 1. The summed E-state index contributed by atoms with van der Waals surface area (Å²) >= 11 is -1.56. The van der Waals surface area contributed by atoms with Crippen LogP contribution in [0.5, 0.6) is 0 Å². The van der Waals surface area contributed by atoms with Crippen molar-refractivity contribution in [1.82, 2.24) is 4.90 Å². The maximum absolute atomic E-state index is 12.9. The van der Waals surface area contributed by atoms with E-state index in [1.54, 1.807) is 13.8 Å². The predicted octanol–water partition coefficient (Wildman–Crippen LogP) is 1.10. The Hall–Kier alpha value is -2.17. The number of hydrogen-bond donors (Lipinski definition) is 1. The molecule has 1 aromatic carbocycles. The molecule has 0 bridgehead atoms. The van der Waals surface area contributed by atoms with Crippen molar-refractivity contribution >= 4 is 28.7 Å². The van der Waals surface area contributed by atoms with Crippen molar-refractivity contribution in [2.24, 2.45) is 5.92 Å². The van der Waals surface area contributed by atoms with Crippen LogP contribution < -0.4 is 0 Å². The van der Waals surface area contributed by atoms with Gasteiger partial charge in [-0.15, -0.1) is 0 Å². The van der Waals surface area contributed by atoms with Crippen LogP contribution in [0, 0.1) is 16.0 Å². The quantitative estimate of drug-likeness (QED) is 0.253. The highest BCUT2D eigenvalue weighted by molar-refractivity contribution is 7.93. The summed E-state index contributed by atoms with van der Waals surface area (Å²) in [6.45, 7) is 6.11. The number of amides is 1. The summed E-state index contributed by atoms with van der Waals surface area (Å²) in [5.74, 6) is -1.95. The van der Waals surface area contributed by atoms with Gasteiger partial charge < -0.3 is 14.4 Å². The zero-order valence-corrected chi connectivity index (χ0v) is 16.8. The summed E-state index contributed by atoms with van der Waals surface area (Å²) in [5, 5.41) is 20.2. The summed E-state index contributed by atoms with van der Waals surface area (Å²) in [4.78, 5) is 36.7. The summed E-state index contributed by atoms with van der Waals surface area (Å²) in [6.07, 6.45) is 0. The van der Waals surface area contributed by atoms with Crippen LogP contribution >= 0.6 is 0 Å². The van der Waals surface area contributed by atoms with Crippen LogP contribution in [0.4, 0.5) is 5.69 Å². The highest BCUT2D eigenvalue weighted by atomic mass is 32.2. The third-order valence-corrected chi connectivity index (χ3v) is 7.47. The largest absolute Gasteiger partial charge is 0.614 e. The third kappa shape index (κ3) is 3.15. The minimum Gasteiger partial charge on any atom is -0.614 e. The van der Waals surface area contributed by atoms with Gasteiger partial charge in [-0.2, -0.15) is 0 Å². The number of non-ortho nitro benzene ring substituents is 1. The van der Waals surface area contributed by atoms with Crippen LogP contribution in [-0.2, 0) is 32.1 Å². The Balaban J connectivity index is 1.74. The first-order chi connectivity index (χ1) is 12.9. The lowest BCUT2D eigenvalue weighted by molar-refractivity contribution is -0.384. The molecule has 0 aromatic heterocycles. The zero-order chi connectivity index (χ0) is 21.0. The maximum Gasteiger partial charge on any atom is 0.334 e. The average Bonchev–Trinajstić information content (AvgIpc) is 2.76. The first-order valence-corrected chi connectivity index (χ1v) is 9.94. The fourth-order valence-electron chi connectivity index (χ4n) is 3.74. The normalized spacial score (nSPS) is 28.5. The number of β-lactam (4-membered cyclic amide) rings is 1. The van der Waals surface area contributed by atoms with Gasteiger partial charge in [0.15, 0.2) is 10.8 Å². The summed E-state index contributed by atoms with van der Waals surface area (Å²) in [6, 6.07) is 4.54. The van der Waals surface area contributed by atoms with Crippen LogP contribution in [0.3, 0.4) is 0 Å². The topological polar surface area (TPSA) is 133 Å². The molecule has 2 fully saturated rings. The van der Waals surface area contributed by atoms with E-state index >= 15 is 0 Å². The van der Waals surface area contributed by atoms with E-state index in [1.165, 1.54) is 43.0 Å². The van der Waals surface area contributed by atoms with Crippen LogP contribution in [0.15, 0.2) is 24.3 Å². The van der Waals surface area contributed by atoms with Gasteiger partial charge in [0.1, 0.15) is 12.5 Å². The van der Waals surface area contributed by atoms with E-state index in [0.717, 1.165) is 0 Å². The minimum atomic E-state index is -1.56. The molecule has 28 heavy (non-hydrogen) atoms. The number of ether oxygens (including phenoxy) is 1. The Morgan fingerprint density at radius 3 is 2.43 bits per heavy atom. The van der Waals surface area contributed by atoms with Gasteiger partial charge in [0.05, 0.1) is 10.5 Å². The number of nitrogens with zero attached hydrogens (tertiary/aromatic N) is 2. The van der Waals surface area contributed by atoms with Crippen LogP contribution in [0.25, 0.3) is 0 Å². The molecule has 3 rings (SSSR count). The maximum atomic E-state index is 12.9. The van der Waals surface area contributed by atoms with Gasteiger partial charge in [0, 0.05) is 12.1 Å². The molecule has 1 amide bonds. The standard InChI is InChI=1S/C18H22N2O7S/c1-17(2,23)12-14(21)19-13(18(3,4)28(26)15(12)19)16(22)27-9-10-5-7-11(8-6-10)20(24)25/h5-8,12-13,15,23H,9H2,1-4H3/t12-,13-,15+,28+/m0/s1.